The Balaban J connectivity index is 2.14. The average molecular weight is 253 g/mol. The standard InChI is InChI=1S/C16H15NS/c1-11-9-13(10-18-11)16(17)15-8-4-6-12-5-2-3-7-14(12)15/h2-10,16H,17H2,1H3. The third-order valence-corrected chi connectivity index (χ3v) is 4.15. The number of fused-ring (bicyclic) bond motifs is 1. The van der Waals surface area contributed by atoms with Gasteiger partial charge < -0.3 is 5.73 Å². The van der Waals surface area contributed by atoms with Gasteiger partial charge in [-0.05, 0) is 40.3 Å². The molecule has 90 valence electrons. The molecule has 0 fully saturated rings. The molecule has 0 aliphatic heterocycles. The third-order valence-electron chi connectivity index (χ3n) is 3.27. The number of hydrogen-bond acceptors (Lipinski definition) is 2. The van der Waals surface area contributed by atoms with E-state index in [-0.39, 0.29) is 6.04 Å². The van der Waals surface area contributed by atoms with Crippen LogP contribution in [0.1, 0.15) is 22.0 Å². The maximum Gasteiger partial charge on any atom is 0.0566 e. The number of nitrogens with two attached hydrogens (primary N) is 1. The van der Waals surface area contributed by atoms with Gasteiger partial charge in [-0.1, -0.05) is 42.5 Å². The van der Waals surface area contributed by atoms with Crippen LogP contribution in [-0.2, 0) is 0 Å². The van der Waals surface area contributed by atoms with Crippen LogP contribution in [0.4, 0.5) is 0 Å². The summed E-state index contributed by atoms with van der Waals surface area (Å²) in [4.78, 5) is 1.31. The van der Waals surface area contributed by atoms with Crippen molar-refractivity contribution >= 4 is 22.1 Å². The van der Waals surface area contributed by atoms with Crippen molar-refractivity contribution in [3.05, 3.63) is 69.9 Å². The molecule has 3 rings (SSSR count). The highest BCUT2D eigenvalue weighted by atomic mass is 32.1. The lowest BCUT2D eigenvalue weighted by molar-refractivity contribution is 0.885. The van der Waals surface area contributed by atoms with E-state index in [4.69, 9.17) is 5.73 Å². The fourth-order valence-corrected chi connectivity index (χ4v) is 3.07. The molecule has 0 spiro atoms. The van der Waals surface area contributed by atoms with Crippen LogP contribution in [0, 0.1) is 6.92 Å². The lowest BCUT2D eigenvalue weighted by atomic mass is 9.96. The molecule has 1 atom stereocenters. The summed E-state index contributed by atoms with van der Waals surface area (Å²) in [5, 5.41) is 4.65. The van der Waals surface area contributed by atoms with Gasteiger partial charge in [-0.3, -0.25) is 0 Å². The van der Waals surface area contributed by atoms with E-state index in [1.807, 2.05) is 0 Å². The zero-order valence-electron chi connectivity index (χ0n) is 10.3. The summed E-state index contributed by atoms with van der Waals surface area (Å²) in [6, 6.07) is 16.9. The summed E-state index contributed by atoms with van der Waals surface area (Å²) in [5.41, 5.74) is 8.80. The SMILES string of the molecule is Cc1cc(C(N)c2cccc3ccccc23)cs1. The minimum absolute atomic E-state index is 0.0407. The fourth-order valence-electron chi connectivity index (χ4n) is 2.33. The fraction of sp³-hybridized carbons (Fsp3) is 0.125. The predicted octanol–water partition coefficient (Wildman–Crippen LogP) is 4.26. The van der Waals surface area contributed by atoms with Gasteiger partial charge in [-0.25, -0.2) is 0 Å². The van der Waals surface area contributed by atoms with Crippen molar-refractivity contribution in [3.8, 4) is 0 Å². The Morgan fingerprint density at radius 3 is 2.61 bits per heavy atom. The molecule has 0 bridgehead atoms. The van der Waals surface area contributed by atoms with Crippen LogP contribution < -0.4 is 5.73 Å². The van der Waals surface area contributed by atoms with Gasteiger partial charge in [0.2, 0.25) is 0 Å². The van der Waals surface area contributed by atoms with E-state index in [0.29, 0.717) is 0 Å². The van der Waals surface area contributed by atoms with Gasteiger partial charge in [-0.15, -0.1) is 11.3 Å². The van der Waals surface area contributed by atoms with Crippen molar-refractivity contribution in [2.75, 3.05) is 0 Å². The molecule has 1 unspecified atom stereocenters. The monoisotopic (exact) mass is 253 g/mol. The highest BCUT2D eigenvalue weighted by molar-refractivity contribution is 7.10. The first kappa shape index (κ1) is 11.5. The maximum atomic E-state index is 6.40. The average Bonchev–Trinajstić information content (AvgIpc) is 2.84. The van der Waals surface area contributed by atoms with Gasteiger partial charge in [0.15, 0.2) is 0 Å². The zero-order valence-corrected chi connectivity index (χ0v) is 11.1. The number of hydrogen-bond donors (Lipinski definition) is 1. The second kappa shape index (κ2) is 4.56. The van der Waals surface area contributed by atoms with Crippen molar-refractivity contribution in [3.63, 3.8) is 0 Å². The van der Waals surface area contributed by atoms with Crippen molar-refractivity contribution in [1.82, 2.24) is 0 Å². The highest BCUT2D eigenvalue weighted by Gasteiger charge is 2.12. The molecular weight excluding hydrogens is 238 g/mol. The molecule has 1 aromatic heterocycles. The van der Waals surface area contributed by atoms with Gasteiger partial charge in [0.25, 0.3) is 0 Å². The lowest BCUT2D eigenvalue weighted by Gasteiger charge is -2.13. The molecule has 2 aromatic carbocycles. The molecule has 0 aliphatic carbocycles. The molecule has 3 aromatic rings. The van der Waals surface area contributed by atoms with Crippen LogP contribution in [0.15, 0.2) is 53.9 Å². The molecule has 18 heavy (non-hydrogen) atoms. The number of rotatable bonds is 2. The first-order chi connectivity index (χ1) is 8.75. The summed E-state index contributed by atoms with van der Waals surface area (Å²) >= 11 is 1.75. The lowest BCUT2D eigenvalue weighted by Crippen LogP contribution is -2.11. The first-order valence-corrected chi connectivity index (χ1v) is 6.92. The molecule has 1 nitrogen and oxygen atoms in total. The molecule has 1 heterocycles. The van der Waals surface area contributed by atoms with Gasteiger partial charge in [0.05, 0.1) is 6.04 Å². The third kappa shape index (κ3) is 1.94. The van der Waals surface area contributed by atoms with E-state index in [1.165, 1.54) is 26.8 Å². The van der Waals surface area contributed by atoms with Crippen molar-refractivity contribution < 1.29 is 0 Å². The smallest absolute Gasteiger partial charge is 0.0566 e. The number of aryl methyl sites for hydroxylation is 1. The van der Waals surface area contributed by atoms with Crippen LogP contribution in [0.2, 0.25) is 0 Å². The molecule has 2 heteroatoms. The minimum Gasteiger partial charge on any atom is -0.320 e. The normalized spacial score (nSPS) is 12.8. The topological polar surface area (TPSA) is 26.0 Å². The Morgan fingerprint density at radius 2 is 1.83 bits per heavy atom. The molecular formula is C16H15NS. The van der Waals surface area contributed by atoms with Crippen molar-refractivity contribution in [2.45, 2.75) is 13.0 Å². The number of benzene rings is 2. The first-order valence-electron chi connectivity index (χ1n) is 6.04. The quantitative estimate of drug-likeness (QED) is 0.725. The molecule has 0 saturated carbocycles. The van der Waals surface area contributed by atoms with Crippen LogP contribution in [0.5, 0.6) is 0 Å². The van der Waals surface area contributed by atoms with Crippen LogP contribution in [0.3, 0.4) is 0 Å². The van der Waals surface area contributed by atoms with E-state index < -0.39 is 0 Å². The molecule has 2 N–H and O–H groups in total. The summed E-state index contributed by atoms with van der Waals surface area (Å²) in [6.45, 7) is 2.12. The van der Waals surface area contributed by atoms with Gasteiger partial charge in [0.1, 0.15) is 0 Å². The summed E-state index contributed by atoms with van der Waals surface area (Å²) < 4.78 is 0. The van der Waals surface area contributed by atoms with Crippen LogP contribution in [0.25, 0.3) is 10.8 Å². The largest absolute Gasteiger partial charge is 0.320 e. The van der Waals surface area contributed by atoms with Crippen LogP contribution in [-0.4, -0.2) is 0 Å². The molecule has 0 radical (unpaired) electrons. The predicted molar refractivity (Wildman–Crippen MR) is 79.0 cm³/mol. The Kier molecular flexibility index (Phi) is 2.90. The second-order valence-electron chi connectivity index (χ2n) is 4.54. The van der Waals surface area contributed by atoms with E-state index in [0.717, 1.165) is 0 Å². The molecule has 0 amide bonds. The Hall–Kier alpha value is -1.64. The van der Waals surface area contributed by atoms with Crippen molar-refractivity contribution in [1.29, 1.82) is 0 Å². The minimum atomic E-state index is -0.0407. The van der Waals surface area contributed by atoms with Crippen LogP contribution >= 0.6 is 11.3 Å². The molecule has 0 aliphatic rings. The molecule has 0 saturated heterocycles. The van der Waals surface area contributed by atoms with E-state index in [2.05, 4.69) is 60.8 Å². The van der Waals surface area contributed by atoms with Gasteiger partial charge in [-0.2, -0.15) is 0 Å². The Labute approximate surface area is 111 Å². The Morgan fingerprint density at radius 1 is 1.06 bits per heavy atom. The van der Waals surface area contributed by atoms with Crippen molar-refractivity contribution in [2.24, 2.45) is 5.73 Å². The van der Waals surface area contributed by atoms with Gasteiger partial charge >= 0.3 is 0 Å². The van der Waals surface area contributed by atoms with E-state index >= 15 is 0 Å². The van der Waals surface area contributed by atoms with E-state index in [9.17, 15) is 0 Å². The second-order valence-corrected chi connectivity index (χ2v) is 5.65. The summed E-state index contributed by atoms with van der Waals surface area (Å²) in [7, 11) is 0. The summed E-state index contributed by atoms with van der Waals surface area (Å²) in [6.07, 6.45) is 0. The van der Waals surface area contributed by atoms with Gasteiger partial charge in [0, 0.05) is 4.88 Å². The van der Waals surface area contributed by atoms with E-state index in [1.54, 1.807) is 11.3 Å². The number of thiophene rings is 1. The Bertz CT molecular complexity index is 679. The highest BCUT2D eigenvalue weighted by Crippen LogP contribution is 2.29. The zero-order chi connectivity index (χ0) is 12.5. The summed E-state index contributed by atoms with van der Waals surface area (Å²) in [5.74, 6) is 0. The maximum absolute atomic E-state index is 6.40.